The summed E-state index contributed by atoms with van der Waals surface area (Å²) in [5.74, 6) is 0.791. The average molecular weight is 476 g/mol. The van der Waals surface area contributed by atoms with E-state index in [1.165, 1.54) is 15.9 Å². The molecule has 1 fully saturated rings. The summed E-state index contributed by atoms with van der Waals surface area (Å²) in [7, 11) is 0. The molecule has 8 nitrogen and oxygen atoms in total. The van der Waals surface area contributed by atoms with Gasteiger partial charge in [0.1, 0.15) is 10.8 Å². The number of amides is 1. The van der Waals surface area contributed by atoms with Crippen molar-refractivity contribution >= 4 is 22.2 Å². The number of rotatable bonds is 6. The molecule has 1 aliphatic heterocycles. The maximum atomic E-state index is 12.8. The van der Waals surface area contributed by atoms with E-state index in [0.717, 1.165) is 35.1 Å². The van der Waals surface area contributed by atoms with Gasteiger partial charge in [0.25, 0.3) is 11.5 Å². The lowest BCUT2D eigenvalue weighted by Crippen LogP contribution is -2.48. The Balaban J connectivity index is 1.23. The van der Waals surface area contributed by atoms with Crippen LogP contribution in [0.1, 0.15) is 23.0 Å². The molecule has 0 spiro atoms. The molecule has 34 heavy (non-hydrogen) atoms. The Morgan fingerprint density at radius 2 is 1.76 bits per heavy atom. The Hall–Kier alpha value is -3.56. The highest BCUT2D eigenvalue weighted by molar-refractivity contribution is 7.19. The van der Waals surface area contributed by atoms with E-state index in [0.29, 0.717) is 36.8 Å². The van der Waals surface area contributed by atoms with Gasteiger partial charge in [-0.25, -0.2) is 4.98 Å². The summed E-state index contributed by atoms with van der Waals surface area (Å²) in [5.41, 5.74) is 2.17. The number of carbonyl (C=O) groups is 1. The summed E-state index contributed by atoms with van der Waals surface area (Å²) in [6.45, 7) is 5.81. The summed E-state index contributed by atoms with van der Waals surface area (Å²) < 4.78 is 6.82. The lowest BCUT2D eigenvalue weighted by Gasteiger charge is -2.34. The third kappa shape index (κ3) is 4.71. The van der Waals surface area contributed by atoms with Crippen molar-refractivity contribution < 1.29 is 9.53 Å². The fourth-order valence-corrected chi connectivity index (χ4v) is 4.95. The van der Waals surface area contributed by atoms with Crippen molar-refractivity contribution in [2.75, 3.05) is 32.8 Å². The van der Waals surface area contributed by atoms with Crippen molar-refractivity contribution in [2.24, 2.45) is 0 Å². The maximum Gasteiger partial charge on any atom is 0.275 e. The molecule has 0 bridgehead atoms. The Kier molecular flexibility index (Phi) is 6.37. The summed E-state index contributed by atoms with van der Waals surface area (Å²) in [6.07, 6.45) is 0. The number of hydrogen-bond donors (Lipinski definition) is 0. The van der Waals surface area contributed by atoms with Crippen LogP contribution in [0.3, 0.4) is 0 Å². The van der Waals surface area contributed by atoms with Gasteiger partial charge in [0.15, 0.2) is 0 Å². The van der Waals surface area contributed by atoms with Crippen molar-refractivity contribution in [3.8, 4) is 16.3 Å². The second kappa shape index (κ2) is 9.74. The summed E-state index contributed by atoms with van der Waals surface area (Å²) in [5, 5.41) is 5.21. The Morgan fingerprint density at radius 3 is 2.47 bits per heavy atom. The Morgan fingerprint density at radius 1 is 1.03 bits per heavy atom. The SMILES string of the molecule is CCOc1ccc(C(=O)N2CCN(Cc3cc(=O)n4nc(-c5ccccc5)sc4n3)CC2)cc1. The van der Waals surface area contributed by atoms with Crippen LogP contribution in [0.2, 0.25) is 0 Å². The average Bonchev–Trinajstić information content (AvgIpc) is 3.30. The number of ether oxygens (including phenoxy) is 1. The first kappa shape index (κ1) is 22.2. The molecule has 4 aromatic rings. The minimum absolute atomic E-state index is 0.0265. The van der Waals surface area contributed by atoms with Gasteiger partial charge in [-0.1, -0.05) is 41.7 Å². The normalized spacial score (nSPS) is 14.4. The van der Waals surface area contributed by atoms with Crippen LogP contribution in [0.15, 0.2) is 65.5 Å². The number of fused-ring (bicyclic) bond motifs is 1. The number of benzene rings is 2. The quantitative estimate of drug-likeness (QED) is 0.426. The topological polar surface area (TPSA) is 80.0 Å². The van der Waals surface area contributed by atoms with E-state index in [-0.39, 0.29) is 11.5 Å². The molecule has 5 rings (SSSR count). The molecule has 0 radical (unpaired) electrons. The molecule has 1 saturated heterocycles. The molecule has 0 N–H and O–H groups in total. The first-order valence-electron chi connectivity index (χ1n) is 11.3. The molecule has 1 aliphatic rings. The van der Waals surface area contributed by atoms with Crippen molar-refractivity contribution in [3.63, 3.8) is 0 Å². The molecule has 9 heteroatoms. The Labute approximate surface area is 201 Å². The molecule has 0 unspecified atom stereocenters. The highest BCUT2D eigenvalue weighted by Gasteiger charge is 2.23. The number of hydrogen-bond acceptors (Lipinski definition) is 7. The van der Waals surface area contributed by atoms with Gasteiger partial charge < -0.3 is 9.64 Å². The van der Waals surface area contributed by atoms with Crippen molar-refractivity contribution in [3.05, 3.63) is 82.3 Å². The van der Waals surface area contributed by atoms with E-state index in [1.54, 1.807) is 6.07 Å². The zero-order chi connectivity index (χ0) is 23.5. The number of piperazine rings is 1. The van der Waals surface area contributed by atoms with Crippen LogP contribution >= 0.6 is 11.3 Å². The predicted molar refractivity (Wildman–Crippen MR) is 131 cm³/mol. The molecule has 0 aliphatic carbocycles. The second-order valence-electron chi connectivity index (χ2n) is 8.08. The predicted octanol–water partition coefficient (Wildman–Crippen LogP) is 3.17. The molecule has 0 atom stereocenters. The van der Waals surface area contributed by atoms with Gasteiger partial charge in [-0.3, -0.25) is 14.5 Å². The van der Waals surface area contributed by atoms with E-state index in [9.17, 15) is 9.59 Å². The molecule has 1 amide bonds. The highest BCUT2D eigenvalue weighted by Crippen LogP contribution is 2.24. The van der Waals surface area contributed by atoms with Crippen LogP contribution in [0.4, 0.5) is 0 Å². The van der Waals surface area contributed by atoms with Gasteiger partial charge in [0, 0.05) is 49.9 Å². The first-order valence-corrected chi connectivity index (χ1v) is 12.1. The van der Waals surface area contributed by atoms with E-state index >= 15 is 0 Å². The van der Waals surface area contributed by atoms with Gasteiger partial charge >= 0.3 is 0 Å². The highest BCUT2D eigenvalue weighted by atomic mass is 32.1. The third-order valence-corrected chi connectivity index (χ3v) is 6.73. The Bertz CT molecular complexity index is 1340. The van der Waals surface area contributed by atoms with Crippen molar-refractivity contribution in [1.82, 2.24) is 24.4 Å². The van der Waals surface area contributed by atoms with Crippen LogP contribution in [-0.2, 0) is 6.54 Å². The van der Waals surface area contributed by atoms with E-state index in [4.69, 9.17) is 4.74 Å². The third-order valence-electron chi connectivity index (χ3n) is 5.78. The number of nitrogens with zero attached hydrogens (tertiary/aromatic N) is 5. The molecule has 2 aromatic heterocycles. The van der Waals surface area contributed by atoms with Gasteiger partial charge in [-0.15, -0.1) is 0 Å². The van der Waals surface area contributed by atoms with E-state index in [1.807, 2.05) is 66.4 Å². The standard InChI is InChI=1S/C25H25N5O3S/c1-2-33-21-10-8-19(9-11-21)24(32)29-14-12-28(13-15-29)17-20-16-22(31)30-25(26-20)34-23(27-30)18-6-4-3-5-7-18/h3-11,16H,2,12-15,17H2,1H3. The van der Waals surface area contributed by atoms with Crippen molar-refractivity contribution in [2.45, 2.75) is 13.5 Å². The van der Waals surface area contributed by atoms with Crippen molar-refractivity contribution in [1.29, 1.82) is 0 Å². The van der Waals surface area contributed by atoms with E-state index < -0.39 is 0 Å². The molecular formula is C25H25N5O3S. The molecule has 174 valence electrons. The van der Waals surface area contributed by atoms with Gasteiger partial charge in [0.2, 0.25) is 4.96 Å². The number of aromatic nitrogens is 3. The first-order chi connectivity index (χ1) is 16.6. The van der Waals surface area contributed by atoms with Gasteiger partial charge in [-0.2, -0.15) is 9.61 Å². The lowest BCUT2D eigenvalue weighted by atomic mass is 10.1. The zero-order valence-corrected chi connectivity index (χ0v) is 19.7. The molecular weight excluding hydrogens is 450 g/mol. The largest absolute Gasteiger partial charge is 0.494 e. The lowest BCUT2D eigenvalue weighted by molar-refractivity contribution is 0.0627. The number of carbonyl (C=O) groups excluding carboxylic acids is 1. The van der Waals surface area contributed by atoms with E-state index in [2.05, 4.69) is 15.0 Å². The second-order valence-corrected chi connectivity index (χ2v) is 9.04. The van der Waals surface area contributed by atoms with Crippen LogP contribution in [-0.4, -0.2) is 63.1 Å². The minimum atomic E-state index is -0.178. The van der Waals surface area contributed by atoms with Crippen LogP contribution in [0, 0.1) is 0 Å². The van der Waals surface area contributed by atoms with Crippen LogP contribution < -0.4 is 10.3 Å². The zero-order valence-electron chi connectivity index (χ0n) is 18.9. The fourth-order valence-electron chi connectivity index (χ4n) is 4.02. The summed E-state index contributed by atoms with van der Waals surface area (Å²) >= 11 is 1.41. The smallest absolute Gasteiger partial charge is 0.275 e. The maximum absolute atomic E-state index is 12.8. The molecule has 2 aromatic carbocycles. The van der Waals surface area contributed by atoms with Crippen LogP contribution in [0.25, 0.3) is 15.5 Å². The molecule has 3 heterocycles. The monoisotopic (exact) mass is 475 g/mol. The minimum Gasteiger partial charge on any atom is -0.494 e. The fraction of sp³-hybridized carbons (Fsp3) is 0.280. The van der Waals surface area contributed by atoms with Gasteiger partial charge in [0.05, 0.1) is 12.3 Å². The summed E-state index contributed by atoms with van der Waals surface area (Å²) in [6, 6.07) is 18.6. The molecule has 0 saturated carbocycles. The summed E-state index contributed by atoms with van der Waals surface area (Å²) in [4.78, 5) is 34.8. The van der Waals surface area contributed by atoms with Crippen LogP contribution in [0.5, 0.6) is 5.75 Å². The van der Waals surface area contributed by atoms with Gasteiger partial charge in [-0.05, 0) is 31.2 Å².